The molecule has 95 heavy (non-hydrogen) atoms. The van der Waals surface area contributed by atoms with Gasteiger partial charge < -0.3 is 53.8 Å². The van der Waals surface area contributed by atoms with Crippen LogP contribution < -0.4 is 34.4 Å². The fourth-order valence-corrected chi connectivity index (χ4v) is 10.2. The Morgan fingerprint density at radius 2 is 0.800 bits per heavy atom. The van der Waals surface area contributed by atoms with Gasteiger partial charge in [-0.25, -0.2) is 0 Å². The van der Waals surface area contributed by atoms with Gasteiger partial charge in [-0.05, 0) is 270 Å². The molecule has 0 radical (unpaired) electrons. The van der Waals surface area contributed by atoms with Gasteiger partial charge in [0.05, 0.1) is 81.0 Å². The number of halogens is 2. The third-order valence-corrected chi connectivity index (χ3v) is 17.6. The predicted octanol–water partition coefficient (Wildman–Crippen LogP) is 17.5. The van der Waals surface area contributed by atoms with Crippen molar-refractivity contribution in [2.75, 3.05) is 34.4 Å². The Kier molecular flexibility index (Phi) is 31.4. The Morgan fingerprint density at radius 1 is 0.474 bits per heavy atom. The Bertz CT molecular complexity index is 3780. The quantitative estimate of drug-likeness (QED) is 0.0492. The molecule has 1 heterocycles. The molecule has 0 unspecified atom stereocenters. The van der Waals surface area contributed by atoms with Crippen LogP contribution in [0.25, 0.3) is 5.57 Å². The molecular formula is C75H94B2Br2N12O4. The average Bonchev–Trinajstić information content (AvgIpc) is 1.67. The molecule has 0 spiro atoms. The van der Waals surface area contributed by atoms with Crippen LogP contribution in [0.5, 0.6) is 0 Å². The van der Waals surface area contributed by atoms with Crippen molar-refractivity contribution in [3.8, 4) is 36.4 Å². The van der Waals surface area contributed by atoms with E-state index < -0.39 is 7.12 Å². The van der Waals surface area contributed by atoms with Crippen molar-refractivity contribution in [1.29, 1.82) is 31.6 Å². The van der Waals surface area contributed by atoms with Crippen LogP contribution in [0.15, 0.2) is 119 Å². The zero-order valence-electron chi connectivity index (χ0n) is 57.6. The SMILES string of the molecule is C=C(C)B1OC(C)(C)C(C)(C)O1.C=C(C)c1cc(C#N)ccc1N.CC(C)c1cc(C#N)cc(Br)c1N.CC(C)c1cc(C#N)cc(C2CC2)c1N.CC(C)c1cc(C#N)cc(C2CC2)c1N.CC(C)c1cc(C#N)ccc1N.N#Cc1ccc(N)c(Br)c1.OB(O)C1CC1. The van der Waals surface area contributed by atoms with Gasteiger partial charge in [-0.2, -0.15) is 31.6 Å². The van der Waals surface area contributed by atoms with E-state index in [4.69, 9.17) is 85.3 Å². The Morgan fingerprint density at radius 3 is 1.11 bits per heavy atom. The molecule has 14 N–H and O–H groups in total. The molecule has 1 saturated heterocycles. The number of nitrogen functional groups attached to an aromatic ring is 6. The fraction of sp³-hybridized carbons (Fsp3) is 0.387. The average molecular weight is 1410 g/mol. The normalized spacial score (nSPS) is 14.1. The van der Waals surface area contributed by atoms with Crippen LogP contribution in [0, 0.1) is 68.0 Å². The van der Waals surface area contributed by atoms with Crippen molar-refractivity contribution in [2.24, 2.45) is 0 Å². The molecule has 3 aliphatic carbocycles. The van der Waals surface area contributed by atoms with Crippen LogP contribution in [0.1, 0.15) is 243 Å². The van der Waals surface area contributed by atoms with Crippen LogP contribution >= 0.6 is 31.9 Å². The number of benzene rings is 6. The Hall–Kier alpha value is -8.53. The second-order valence-corrected chi connectivity index (χ2v) is 28.0. The summed E-state index contributed by atoms with van der Waals surface area (Å²) < 4.78 is 13.0. The number of allylic oxidation sites excluding steroid dienone is 2. The number of anilines is 6. The molecule has 16 nitrogen and oxygen atoms in total. The molecule has 6 aromatic rings. The van der Waals surface area contributed by atoms with Gasteiger partial charge in [0.2, 0.25) is 0 Å². The summed E-state index contributed by atoms with van der Waals surface area (Å²) in [6, 6.07) is 39.6. The van der Waals surface area contributed by atoms with Crippen LogP contribution in [0.3, 0.4) is 0 Å². The lowest BCUT2D eigenvalue weighted by Gasteiger charge is -2.32. The van der Waals surface area contributed by atoms with Gasteiger partial charge in [-0.15, -0.1) is 6.58 Å². The lowest BCUT2D eigenvalue weighted by atomic mass is 9.81. The van der Waals surface area contributed by atoms with E-state index in [1.54, 1.807) is 54.6 Å². The monoisotopic (exact) mass is 1410 g/mol. The van der Waals surface area contributed by atoms with Gasteiger partial charge >= 0.3 is 14.2 Å². The Labute approximate surface area is 582 Å². The number of nitrogens with two attached hydrogens (primary N) is 6. The maximum atomic E-state index is 8.97. The van der Waals surface area contributed by atoms with E-state index in [0.717, 1.165) is 94.5 Å². The highest BCUT2D eigenvalue weighted by Gasteiger charge is 2.51. The van der Waals surface area contributed by atoms with E-state index in [1.807, 2.05) is 84.0 Å². The summed E-state index contributed by atoms with van der Waals surface area (Å²) in [7, 11) is -1.28. The lowest BCUT2D eigenvalue weighted by molar-refractivity contribution is 0.00578. The summed E-state index contributed by atoms with van der Waals surface area (Å²) in [5.41, 5.74) is 52.6. The van der Waals surface area contributed by atoms with Gasteiger partial charge in [-0.1, -0.05) is 80.3 Å². The molecule has 1 aliphatic heterocycles. The van der Waals surface area contributed by atoms with E-state index in [0.29, 0.717) is 69.1 Å². The molecule has 10 rings (SSSR count). The largest absolute Gasteiger partial charge is 0.489 e. The predicted molar refractivity (Wildman–Crippen MR) is 398 cm³/mol. The number of rotatable bonds is 9. The Balaban J connectivity index is 0.000000286. The minimum Gasteiger partial charge on any atom is -0.427 e. The van der Waals surface area contributed by atoms with Gasteiger partial charge in [0.15, 0.2) is 0 Å². The molecule has 6 aromatic carbocycles. The van der Waals surface area contributed by atoms with E-state index in [-0.39, 0.29) is 24.1 Å². The number of hydrogen-bond acceptors (Lipinski definition) is 16. The van der Waals surface area contributed by atoms with Crippen molar-refractivity contribution >= 4 is 85.8 Å². The smallest absolute Gasteiger partial charge is 0.427 e. The highest BCUT2D eigenvalue weighted by Crippen LogP contribution is 2.46. The van der Waals surface area contributed by atoms with Crippen LogP contribution in [0.2, 0.25) is 5.82 Å². The van der Waals surface area contributed by atoms with E-state index in [9.17, 15) is 0 Å². The molecule has 498 valence electrons. The van der Waals surface area contributed by atoms with Crippen molar-refractivity contribution in [1.82, 2.24) is 0 Å². The van der Waals surface area contributed by atoms with Gasteiger partial charge in [0, 0.05) is 48.6 Å². The summed E-state index contributed by atoms with van der Waals surface area (Å²) in [5.74, 6) is 2.91. The van der Waals surface area contributed by atoms with E-state index >= 15 is 0 Å². The minimum absolute atomic E-state index is 0.213. The van der Waals surface area contributed by atoms with Crippen LogP contribution in [-0.4, -0.2) is 35.5 Å². The molecular weight excluding hydrogens is 1310 g/mol. The van der Waals surface area contributed by atoms with Gasteiger partial charge in [0.1, 0.15) is 0 Å². The summed E-state index contributed by atoms with van der Waals surface area (Å²) >= 11 is 6.54. The first-order valence-electron chi connectivity index (χ1n) is 31.7. The first-order chi connectivity index (χ1) is 44.4. The topological polar surface area (TPSA) is 358 Å². The summed E-state index contributed by atoms with van der Waals surface area (Å²) in [6.45, 7) is 36.2. The molecule has 0 atom stereocenters. The van der Waals surface area contributed by atoms with E-state index in [1.165, 1.54) is 36.8 Å². The molecule has 0 amide bonds. The number of nitriles is 6. The standard InChI is InChI=1S/2C13H16N2.C10H11BrN2.C10H12N2.C10H10N2.C9H17BO2.C7H5BrN2.C3H7BO2/c2*1-8(2)11-5-9(7-14)6-12(13(11)15)10-3-4-10;1-6(2)8-3-7(5-12)4-9(11)10(8)13;2*1-7(2)9-5-8(6-11)3-4-10(9)12;1-7(2)10-11-8(3,4)9(5,6)12-10;8-6-3-5(4-9)1-2-7(6)10;5-4(6)3-1-2-3/h2*5-6,8,10H,3-4,15H2,1-2H3;3-4,6H,13H2,1-2H3;3-5,7H,12H2,1-2H3;3-5H,1,12H2,2H3;1H2,2-6H3;1-3H,10H2;3,5-6H,1-2H2. The molecule has 4 aliphatic rings. The zero-order valence-corrected chi connectivity index (χ0v) is 60.8. The van der Waals surface area contributed by atoms with Crippen LogP contribution in [0.4, 0.5) is 34.1 Å². The number of hydrogen-bond donors (Lipinski definition) is 8. The maximum Gasteiger partial charge on any atom is 0.489 e. The van der Waals surface area contributed by atoms with Crippen molar-refractivity contribution in [3.63, 3.8) is 0 Å². The molecule has 20 heteroatoms. The van der Waals surface area contributed by atoms with Gasteiger partial charge in [-0.3, -0.25) is 0 Å². The molecule has 4 fully saturated rings. The van der Waals surface area contributed by atoms with Crippen LogP contribution in [-0.2, 0) is 9.31 Å². The van der Waals surface area contributed by atoms with Crippen molar-refractivity contribution < 1.29 is 19.4 Å². The highest BCUT2D eigenvalue weighted by molar-refractivity contribution is 9.11. The lowest BCUT2D eigenvalue weighted by Crippen LogP contribution is -2.41. The minimum atomic E-state index is -1.04. The number of nitrogens with zero attached hydrogens (tertiary/aromatic N) is 6. The van der Waals surface area contributed by atoms with E-state index in [2.05, 4.69) is 131 Å². The first kappa shape index (κ1) is 80.7. The fourth-order valence-electron chi connectivity index (χ4n) is 9.30. The summed E-state index contributed by atoms with van der Waals surface area (Å²) in [6.07, 6.45) is 6.87. The van der Waals surface area contributed by atoms with Crippen molar-refractivity contribution in [3.05, 3.63) is 191 Å². The molecule has 3 saturated carbocycles. The highest BCUT2D eigenvalue weighted by atomic mass is 79.9. The second-order valence-electron chi connectivity index (χ2n) is 26.3. The molecule has 0 bridgehead atoms. The summed E-state index contributed by atoms with van der Waals surface area (Å²) in [5, 5.41) is 68.9. The second kappa shape index (κ2) is 36.9. The maximum absolute atomic E-state index is 8.97. The zero-order chi connectivity index (χ0) is 72.0. The third-order valence-electron chi connectivity index (χ3n) is 16.2. The van der Waals surface area contributed by atoms with Gasteiger partial charge in [0.25, 0.3) is 0 Å². The third kappa shape index (κ3) is 25.0. The molecule has 0 aromatic heterocycles. The van der Waals surface area contributed by atoms with Crippen molar-refractivity contribution in [2.45, 2.75) is 188 Å². The summed E-state index contributed by atoms with van der Waals surface area (Å²) in [4.78, 5) is 0. The first-order valence-corrected chi connectivity index (χ1v) is 33.2.